The Bertz CT molecular complexity index is 770. The fourth-order valence-corrected chi connectivity index (χ4v) is 3.43. The smallest absolute Gasteiger partial charge is 0.271 e. The Morgan fingerprint density at radius 1 is 1.36 bits per heavy atom. The number of imidazole rings is 1. The molecule has 2 aromatic heterocycles. The van der Waals surface area contributed by atoms with Gasteiger partial charge in [0.2, 0.25) is 0 Å². The molecule has 1 saturated heterocycles. The van der Waals surface area contributed by atoms with Crippen LogP contribution in [0.4, 0.5) is 5.82 Å². The summed E-state index contributed by atoms with van der Waals surface area (Å²) in [7, 11) is 0. The predicted octanol–water partition coefficient (Wildman–Crippen LogP) is 1.32. The maximum Gasteiger partial charge on any atom is 0.271 e. The molecule has 1 fully saturated rings. The molecule has 2 amide bonds. The summed E-state index contributed by atoms with van der Waals surface area (Å²) < 4.78 is 1.79. The molecule has 8 heteroatoms. The first kappa shape index (κ1) is 17.1. The lowest BCUT2D eigenvalue weighted by molar-refractivity contribution is 0.0694. The molecule has 0 saturated carbocycles. The van der Waals surface area contributed by atoms with Crippen LogP contribution < -0.4 is 11.5 Å². The molecule has 3 heterocycles. The van der Waals surface area contributed by atoms with Crippen molar-refractivity contribution in [3.05, 3.63) is 35.5 Å². The molecule has 134 valence electrons. The first-order chi connectivity index (χ1) is 12.0. The minimum absolute atomic E-state index is 0.0691. The van der Waals surface area contributed by atoms with Gasteiger partial charge >= 0.3 is 0 Å². The van der Waals surface area contributed by atoms with Gasteiger partial charge in [0.05, 0.1) is 11.9 Å². The number of piperidine rings is 1. The lowest BCUT2D eigenvalue weighted by atomic mass is 10.0. The van der Waals surface area contributed by atoms with Gasteiger partial charge < -0.3 is 25.9 Å². The Kier molecular flexibility index (Phi) is 4.78. The van der Waals surface area contributed by atoms with Crippen LogP contribution in [0.3, 0.4) is 0 Å². The summed E-state index contributed by atoms with van der Waals surface area (Å²) in [6.07, 6.45) is 6.76. The van der Waals surface area contributed by atoms with Crippen LogP contribution in [0.2, 0.25) is 0 Å². The SMILES string of the molecule is CCCc1[nH]ccc1C(=O)N1CCC(n2cnc(C(N)=O)c2N)CC1. The summed E-state index contributed by atoms with van der Waals surface area (Å²) in [5, 5.41) is 0. The number of H-pyrrole nitrogens is 1. The fourth-order valence-electron chi connectivity index (χ4n) is 3.43. The number of carbonyl (C=O) groups is 2. The van der Waals surface area contributed by atoms with Crippen molar-refractivity contribution in [2.75, 3.05) is 18.8 Å². The first-order valence-corrected chi connectivity index (χ1v) is 8.60. The number of anilines is 1. The number of nitrogens with one attached hydrogen (secondary N) is 1. The minimum atomic E-state index is -0.625. The van der Waals surface area contributed by atoms with E-state index in [4.69, 9.17) is 11.5 Å². The molecule has 25 heavy (non-hydrogen) atoms. The largest absolute Gasteiger partial charge is 0.383 e. The molecular formula is C17H24N6O2. The van der Waals surface area contributed by atoms with E-state index in [0.29, 0.717) is 18.9 Å². The number of amides is 2. The number of aromatic amines is 1. The van der Waals surface area contributed by atoms with Crippen molar-refractivity contribution in [2.45, 2.75) is 38.6 Å². The Labute approximate surface area is 146 Å². The summed E-state index contributed by atoms with van der Waals surface area (Å²) in [5.41, 5.74) is 13.1. The van der Waals surface area contributed by atoms with Gasteiger partial charge in [0.15, 0.2) is 5.69 Å². The lowest BCUT2D eigenvalue weighted by Gasteiger charge is -2.33. The monoisotopic (exact) mass is 344 g/mol. The first-order valence-electron chi connectivity index (χ1n) is 8.60. The summed E-state index contributed by atoms with van der Waals surface area (Å²) in [4.78, 5) is 33.1. The lowest BCUT2D eigenvalue weighted by Crippen LogP contribution is -2.39. The third-order valence-electron chi connectivity index (χ3n) is 4.77. The molecule has 0 radical (unpaired) electrons. The van der Waals surface area contributed by atoms with Crippen molar-refractivity contribution in [2.24, 2.45) is 5.73 Å². The molecule has 0 atom stereocenters. The van der Waals surface area contributed by atoms with E-state index in [1.165, 1.54) is 0 Å². The van der Waals surface area contributed by atoms with Gasteiger partial charge in [0, 0.05) is 31.0 Å². The number of aryl methyl sites for hydroxylation is 1. The van der Waals surface area contributed by atoms with Crippen molar-refractivity contribution < 1.29 is 9.59 Å². The third kappa shape index (κ3) is 3.24. The Hall–Kier alpha value is -2.77. The number of nitrogens with two attached hydrogens (primary N) is 2. The standard InChI is InChI=1S/C17H24N6O2/c1-2-3-13-12(4-7-20-13)17(25)22-8-5-11(6-9-22)23-10-21-14(15(23)18)16(19)24/h4,7,10-11,20H,2-3,5-6,8-9,18H2,1H3,(H2,19,24). The number of hydrogen-bond acceptors (Lipinski definition) is 4. The van der Waals surface area contributed by atoms with Crippen molar-refractivity contribution in [3.63, 3.8) is 0 Å². The van der Waals surface area contributed by atoms with Gasteiger partial charge in [0.1, 0.15) is 5.82 Å². The molecule has 5 N–H and O–H groups in total. The second kappa shape index (κ2) is 7.00. The number of hydrogen-bond donors (Lipinski definition) is 3. The summed E-state index contributed by atoms with van der Waals surface area (Å²) in [6, 6.07) is 1.97. The second-order valence-corrected chi connectivity index (χ2v) is 6.39. The van der Waals surface area contributed by atoms with Crippen molar-refractivity contribution >= 4 is 17.6 Å². The van der Waals surface area contributed by atoms with E-state index in [2.05, 4.69) is 16.9 Å². The molecule has 2 aromatic rings. The number of rotatable bonds is 5. The zero-order valence-corrected chi connectivity index (χ0v) is 14.4. The summed E-state index contributed by atoms with van der Waals surface area (Å²) in [5.74, 6) is -0.257. The van der Waals surface area contributed by atoms with E-state index >= 15 is 0 Å². The highest BCUT2D eigenvalue weighted by Gasteiger charge is 2.27. The van der Waals surface area contributed by atoms with E-state index in [1.807, 2.05) is 17.2 Å². The zero-order valence-electron chi connectivity index (χ0n) is 14.4. The molecule has 1 aliphatic rings. The second-order valence-electron chi connectivity index (χ2n) is 6.39. The maximum atomic E-state index is 12.8. The number of primary amides is 1. The number of aromatic nitrogens is 3. The Morgan fingerprint density at radius 3 is 2.68 bits per heavy atom. The van der Waals surface area contributed by atoms with Crippen molar-refractivity contribution in [1.82, 2.24) is 19.4 Å². The number of nitrogens with zero attached hydrogens (tertiary/aromatic N) is 3. The van der Waals surface area contributed by atoms with Gasteiger partial charge in [-0.3, -0.25) is 9.59 Å². The van der Waals surface area contributed by atoms with Crippen LogP contribution in [-0.2, 0) is 6.42 Å². The van der Waals surface area contributed by atoms with E-state index in [1.54, 1.807) is 10.9 Å². The van der Waals surface area contributed by atoms with Crippen LogP contribution in [0.1, 0.15) is 58.8 Å². The van der Waals surface area contributed by atoms with Crippen LogP contribution in [-0.4, -0.2) is 44.3 Å². The van der Waals surface area contributed by atoms with E-state index in [-0.39, 0.29) is 17.6 Å². The average molecular weight is 344 g/mol. The van der Waals surface area contributed by atoms with Crippen LogP contribution in [0, 0.1) is 0 Å². The summed E-state index contributed by atoms with van der Waals surface area (Å²) >= 11 is 0. The molecule has 1 aliphatic heterocycles. The molecule has 0 aromatic carbocycles. The molecular weight excluding hydrogens is 320 g/mol. The fraction of sp³-hybridized carbons (Fsp3) is 0.471. The third-order valence-corrected chi connectivity index (χ3v) is 4.77. The molecule has 0 aliphatic carbocycles. The highest BCUT2D eigenvalue weighted by Crippen LogP contribution is 2.27. The van der Waals surface area contributed by atoms with E-state index in [9.17, 15) is 9.59 Å². The highest BCUT2D eigenvalue weighted by atomic mass is 16.2. The average Bonchev–Trinajstić information content (AvgIpc) is 3.21. The Balaban J connectivity index is 1.66. The van der Waals surface area contributed by atoms with Gasteiger partial charge in [-0.15, -0.1) is 0 Å². The van der Waals surface area contributed by atoms with Crippen molar-refractivity contribution in [1.29, 1.82) is 0 Å². The van der Waals surface area contributed by atoms with E-state index in [0.717, 1.165) is 36.9 Å². The van der Waals surface area contributed by atoms with Gasteiger partial charge in [-0.1, -0.05) is 13.3 Å². The molecule has 0 spiro atoms. The van der Waals surface area contributed by atoms with Gasteiger partial charge in [-0.25, -0.2) is 4.98 Å². The van der Waals surface area contributed by atoms with Gasteiger partial charge in [-0.2, -0.15) is 0 Å². The molecule has 3 rings (SSSR count). The zero-order chi connectivity index (χ0) is 18.0. The molecule has 0 bridgehead atoms. The summed E-state index contributed by atoms with van der Waals surface area (Å²) in [6.45, 7) is 3.38. The highest BCUT2D eigenvalue weighted by molar-refractivity contribution is 5.96. The minimum Gasteiger partial charge on any atom is -0.383 e. The number of carbonyl (C=O) groups excluding carboxylic acids is 2. The quantitative estimate of drug-likeness (QED) is 0.757. The topological polar surface area (TPSA) is 123 Å². The van der Waals surface area contributed by atoms with Crippen LogP contribution in [0.25, 0.3) is 0 Å². The molecule has 0 unspecified atom stereocenters. The maximum absolute atomic E-state index is 12.8. The molecule has 8 nitrogen and oxygen atoms in total. The van der Waals surface area contributed by atoms with Gasteiger partial charge in [0.25, 0.3) is 11.8 Å². The van der Waals surface area contributed by atoms with Crippen LogP contribution >= 0.6 is 0 Å². The van der Waals surface area contributed by atoms with Crippen LogP contribution in [0.5, 0.6) is 0 Å². The van der Waals surface area contributed by atoms with Crippen LogP contribution in [0.15, 0.2) is 18.6 Å². The van der Waals surface area contributed by atoms with Crippen molar-refractivity contribution in [3.8, 4) is 0 Å². The van der Waals surface area contributed by atoms with E-state index < -0.39 is 5.91 Å². The van der Waals surface area contributed by atoms with Gasteiger partial charge in [-0.05, 0) is 25.3 Å². The predicted molar refractivity (Wildman–Crippen MR) is 94.1 cm³/mol. The normalized spacial score (nSPS) is 15.5. The number of nitrogen functional groups attached to an aromatic ring is 1. The number of likely N-dealkylation sites (tertiary alicyclic amines) is 1. The Morgan fingerprint density at radius 2 is 2.08 bits per heavy atom.